The maximum absolute atomic E-state index is 11.9. The third-order valence-corrected chi connectivity index (χ3v) is 3.03. The summed E-state index contributed by atoms with van der Waals surface area (Å²) in [7, 11) is -0.938. The fourth-order valence-electron chi connectivity index (χ4n) is 2.15. The van der Waals surface area contributed by atoms with Crippen molar-refractivity contribution in [2.45, 2.75) is 37.5 Å². The molecule has 0 aliphatic carbocycles. The van der Waals surface area contributed by atoms with Crippen LogP contribution in [0.15, 0.2) is 12.2 Å². The molecule has 2 heterocycles. The van der Waals surface area contributed by atoms with Crippen LogP contribution in [0.4, 0.5) is 0 Å². The monoisotopic (exact) mass is 209 g/mol. The van der Waals surface area contributed by atoms with E-state index >= 15 is 0 Å². The summed E-state index contributed by atoms with van der Waals surface area (Å²) < 4.78 is 4.99. The van der Waals surface area contributed by atoms with Gasteiger partial charge in [0.25, 0.3) is 0 Å². The first kappa shape index (κ1) is 10.7. The summed E-state index contributed by atoms with van der Waals surface area (Å²) in [5.41, 5.74) is -0.681. The van der Waals surface area contributed by atoms with E-state index in [0.717, 1.165) is 32.2 Å². The average molecular weight is 209 g/mol. The Morgan fingerprint density at radius 2 is 2.40 bits per heavy atom. The zero-order valence-electron chi connectivity index (χ0n) is 8.74. The first-order valence-corrected chi connectivity index (χ1v) is 5.55. The third kappa shape index (κ3) is 2.24. The van der Waals surface area contributed by atoms with Crippen LogP contribution in [0.25, 0.3) is 0 Å². The van der Waals surface area contributed by atoms with Crippen molar-refractivity contribution < 1.29 is 14.5 Å². The molecule has 1 unspecified atom stereocenters. The number of nitrogens with one attached hydrogen (secondary N) is 1. The summed E-state index contributed by atoms with van der Waals surface area (Å²) >= 11 is 0. The van der Waals surface area contributed by atoms with Crippen LogP contribution in [-0.2, 0) is 9.45 Å². The van der Waals surface area contributed by atoms with Crippen LogP contribution in [0.5, 0.6) is 0 Å². The van der Waals surface area contributed by atoms with Gasteiger partial charge in [-0.15, -0.1) is 0 Å². The molecule has 0 aromatic heterocycles. The smallest absolute Gasteiger partial charge is 0.508 e. The zero-order valence-corrected chi connectivity index (χ0v) is 8.74. The molecule has 0 radical (unpaired) electrons. The van der Waals surface area contributed by atoms with Crippen LogP contribution < -0.4 is 5.32 Å². The molecule has 1 fully saturated rings. The Hall–Kier alpha value is -0.805. The Labute approximate surface area is 89.8 Å². The largest absolute Gasteiger partial charge is 0.524 e. The van der Waals surface area contributed by atoms with E-state index < -0.39 is 12.7 Å². The highest BCUT2D eigenvalue weighted by Gasteiger charge is 2.40. The van der Waals surface area contributed by atoms with Crippen molar-refractivity contribution in [3.8, 4) is 0 Å². The van der Waals surface area contributed by atoms with E-state index in [4.69, 9.17) is 4.65 Å². The molecule has 5 heteroatoms. The molecule has 1 saturated heterocycles. The molecule has 2 aliphatic rings. The van der Waals surface area contributed by atoms with Gasteiger partial charge in [-0.25, -0.2) is 0 Å². The van der Waals surface area contributed by atoms with Crippen LogP contribution in [0.3, 0.4) is 0 Å². The van der Waals surface area contributed by atoms with Crippen molar-refractivity contribution in [2.75, 3.05) is 6.54 Å². The van der Waals surface area contributed by atoms with Gasteiger partial charge in [-0.3, -0.25) is 10.1 Å². The minimum Gasteiger partial charge on any atom is -0.508 e. The average Bonchev–Trinajstić information content (AvgIpc) is 2.24. The lowest BCUT2D eigenvalue weighted by atomic mass is 9.77. The van der Waals surface area contributed by atoms with E-state index in [1.54, 1.807) is 0 Å². The lowest BCUT2D eigenvalue weighted by Gasteiger charge is -2.34. The minimum atomic E-state index is -0.938. The number of carbonyl (C=O) groups is 1. The predicted octanol–water partition coefficient (Wildman–Crippen LogP) is 0.482. The lowest BCUT2D eigenvalue weighted by Crippen LogP contribution is -2.55. The predicted molar refractivity (Wildman–Crippen MR) is 57.2 cm³/mol. The molecule has 1 atom stereocenters. The maximum atomic E-state index is 11.9. The van der Waals surface area contributed by atoms with Crippen LogP contribution in [0.2, 0.25) is 6.32 Å². The molecule has 15 heavy (non-hydrogen) atoms. The highest BCUT2D eigenvalue weighted by Crippen LogP contribution is 2.25. The molecule has 0 aromatic rings. The second kappa shape index (κ2) is 4.37. The van der Waals surface area contributed by atoms with E-state index in [1.807, 2.05) is 12.2 Å². The lowest BCUT2D eigenvalue weighted by molar-refractivity contribution is -0.142. The third-order valence-electron chi connectivity index (χ3n) is 3.03. The van der Waals surface area contributed by atoms with Crippen molar-refractivity contribution >= 4 is 13.1 Å². The van der Waals surface area contributed by atoms with Gasteiger partial charge in [-0.1, -0.05) is 25.0 Å². The highest BCUT2D eigenvalue weighted by atomic mass is 16.6. The fraction of sp³-hybridized carbons (Fsp3) is 0.700. The van der Waals surface area contributed by atoms with E-state index in [2.05, 4.69) is 5.32 Å². The summed E-state index contributed by atoms with van der Waals surface area (Å²) in [6.45, 7) is 0.793. The number of rotatable bonds is 0. The molecule has 0 bridgehead atoms. The van der Waals surface area contributed by atoms with Crippen molar-refractivity contribution in [3.63, 3.8) is 0 Å². The molecule has 2 N–H and O–H groups in total. The molecule has 1 spiro atoms. The van der Waals surface area contributed by atoms with Crippen LogP contribution in [0.1, 0.15) is 25.7 Å². The van der Waals surface area contributed by atoms with Gasteiger partial charge < -0.3 is 9.68 Å². The van der Waals surface area contributed by atoms with Crippen molar-refractivity contribution in [3.05, 3.63) is 12.2 Å². The molecular weight excluding hydrogens is 193 g/mol. The number of hydrogen-bond donors (Lipinski definition) is 2. The van der Waals surface area contributed by atoms with E-state index in [9.17, 15) is 9.82 Å². The molecule has 0 aromatic carbocycles. The molecule has 2 rings (SSSR count). The first-order chi connectivity index (χ1) is 7.23. The van der Waals surface area contributed by atoms with E-state index in [-0.39, 0.29) is 5.97 Å². The van der Waals surface area contributed by atoms with E-state index in [0.29, 0.717) is 6.32 Å². The molecule has 2 aliphatic heterocycles. The Balaban J connectivity index is 2.16. The molecule has 0 amide bonds. The van der Waals surface area contributed by atoms with Crippen LogP contribution in [-0.4, -0.2) is 30.2 Å². The summed E-state index contributed by atoms with van der Waals surface area (Å²) in [6.07, 6.45) is 7.97. The minimum absolute atomic E-state index is 0.342. The van der Waals surface area contributed by atoms with Gasteiger partial charge in [0.15, 0.2) is 0 Å². The van der Waals surface area contributed by atoms with Gasteiger partial charge in [-0.05, 0) is 25.7 Å². The topological polar surface area (TPSA) is 58.6 Å². The van der Waals surface area contributed by atoms with Crippen molar-refractivity contribution in [1.82, 2.24) is 5.32 Å². The summed E-state index contributed by atoms with van der Waals surface area (Å²) in [6, 6.07) is 0. The Kier molecular flexibility index (Phi) is 3.12. The van der Waals surface area contributed by atoms with Crippen LogP contribution >= 0.6 is 0 Å². The summed E-state index contributed by atoms with van der Waals surface area (Å²) in [4.78, 5) is 11.9. The van der Waals surface area contributed by atoms with Gasteiger partial charge in [0.1, 0.15) is 5.54 Å². The molecular formula is C10H16BNO3. The quantitative estimate of drug-likeness (QED) is 0.450. The summed E-state index contributed by atoms with van der Waals surface area (Å²) in [5, 5.41) is 12.6. The van der Waals surface area contributed by atoms with Crippen molar-refractivity contribution in [2.24, 2.45) is 0 Å². The van der Waals surface area contributed by atoms with Crippen molar-refractivity contribution in [1.29, 1.82) is 0 Å². The highest BCUT2D eigenvalue weighted by molar-refractivity contribution is 6.45. The molecule has 4 nitrogen and oxygen atoms in total. The SMILES string of the molecule is O=C1OB(O)CCCCC12C=CCCN2. The maximum Gasteiger partial charge on any atom is 0.524 e. The van der Waals surface area contributed by atoms with Gasteiger partial charge in [0.2, 0.25) is 0 Å². The van der Waals surface area contributed by atoms with Gasteiger partial charge >= 0.3 is 13.1 Å². The van der Waals surface area contributed by atoms with Gasteiger partial charge in [0.05, 0.1) is 0 Å². The standard InChI is InChI=1S/C10H16BNO3/c13-9-10(6-2-4-8-12-10)5-1-3-7-11(14)15-9/h2,6,12,14H,1,3-5,7-8H2. The first-order valence-electron chi connectivity index (χ1n) is 5.55. The molecule has 0 saturated carbocycles. The Bertz CT molecular complexity index is 282. The second-order valence-corrected chi connectivity index (χ2v) is 4.19. The van der Waals surface area contributed by atoms with E-state index in [1.165, 1.54) is 0 Å². The number of carbonyl (C=O) groups excluding carboxylic acids is 1. The Morgan fingerprint density at radius 3 is 3.13 bits per heavy atom. The Morgan fingerprint density at radius 1 is 1.53 bits per heavy atom. The van der Waals surface area contributed by atoms with Crippen LogP contribution in [0, 0.1) is 0 Å². The fourth-order valence-corrected chi connectivity index (χ4v) is 2.15. The normalized spacial score (nSPS) is 32.3. The second-order valence-electron chi connectivity index (χ2n) is 4.19. The summed E-state index contributed by atoms with van der Waals surface area (Å²) in [5.74, 6) is -0.342. The zero-order chi connectivity index (χ0) is 10.7. The van der Waals surface area contributed by atoms with Gasteiger partial charge in [-0.2, -0.15) is 0 Å². The molecule has 82 valence electrons. The number of hydrogen-bond acceptors (Lipinski definition) is 4. The van der Waals surface area contributed by atoms with Gasteiger partial charge in [0, 0.05) is 0 Å².